The van der Waals surface area contributed by atoms with E-state index in [9.17, 15) is 17.6 Å². The summed E-state index contributed by atoms with van der Waals surface area (Å²) in [5.41, 5.74) is 2.27. The first-order chi connectivity index (χ1) is 18.1. The Bertz CT molecular complexity index is 1440. The summed E-state index contributed by atoms with van der Waals surface area (Å²) in [6.07, 6.45) is 2.14. The lowest BCUT2D eigenvalue weighted by Gasteiger charge is -2.22. The van der Waals surface area contributed by atoms with E-state index in [-0.39, 0.29) is 29.3 Å². The van der Waals surface area contributed by atoms with E-state index in [0.29, 0.717) is 27.6 Å². The van der Waals surface area contributed by atoms with Gasteiger partial charge in [0.1, 0.15) is 5.82 Å². The summed E-state index contributed by atoms with van der Waals surface area (Å²) in [4.78, 5) is 18.8. The Morgan fingerprint density at radius 3 is 2.61 bits per heavy atom. The highest BCUT2D eigenvalue weighted by molar-refractivity contribution is 9.11. The van der Waals surface area contributed by atoms with Gasteiger partial charge in [-0.3, -0.25) is 4.99 Å². The molecule has 1 saturated heterocycles. The van der Waals surface area contributed by atoms with Crippen molar-refractivity contribution in [1.82, 2.24) is 14.9 Å². The van der Waals surface area contributed by atoms with Crippen molar-refractivity contribution in [2.75, 3.05) is 25.5 Å². The molecule has 3 N–H and O–H groups in total. The molecule has 8 nitrogen and oxygen atoms in total. The summed E-state index contributed by atoms with van der Waals surface area (Å²) in [6.45, 7) is 0.699. The molecule has 3 aromatic rings. The molecular weight excluding hydrogens is 641 g/mol. The van der Waals surface area contributed by atoms with Gasteiger partial charge in [0.15, 0.2) is 0 Å². The second-order valence-corrected chi connectivity index (χ2v) is 12.2. The monoisotopic (exact) mass is 665 g/mol. The van der Waals surface area contributed by atoms with E-state index in [1.54, 1.807) is 49.8 Å². The Morgan fingerprint density at radius 1 is 1.11 bits per heavy atom. The molecular formula is C26H26Br2FN5O3S. The number of nitrogens with one attached hydrogen (secondary N) is 3. The Morgan fingerprint density at radius 2 is 1.87 bits per heavy atom. The molecule has 1 heterocycles. The first-order valence-corrected chi connectivity index (χ1v) is 14.8. The van der Waals surface area contributed by atoms with Gasteiger partial charge in [0, 0.05) is 46.9 Å². The number of sulfonamides is 1. The minimum absolute atomic E-state index is 0.145. The van der Waals surface area contributed by atoms with Gasteiger partial charge in [-0.2, -0.15) is 0 Å². The first-order valence-electron chi connectivity index (χ1n) is 11.7. The van der Waals surface area contributed by atoms with Crippen LogP contribution >= 0.6 is 31.9 Å². The lowest BCUT2D eigenvalue weighted by molar-refractivity contribution is 0.249. The Kier molecular flexibility index (Phi) is 9.19. The molecule has 1 aliphatic heterocycles. The number of benzene rings is 3. The van der Waals surface area contributed by atoms with Crippen LogP contribution in [0.5, 0.6) is 0 Å². The number of urea groups is 1. The minimum atomic E-state index is -3.78. The van der Waals surface area contributed by atoms with Crippen molar-refractivity contribution in [3.8, 4) is 11.1 Å². The van der Waals surface area contributed by atoms with Crippen LogP contribution in [0.25, 0.3) is 11.1 Å². The highest BCUT2D eigenvalue weighted by atomic mass is 79.9. The smallest absolute Gasteiger partial charge is 0.319 e. The largest absolute Gasteiger partial charge is 0.357 e. The van der Waals surface area contributed by atoms with Gasteiger partial charge in [-0.1, -0.05) is 40.2 Å². The number of carbonyl (C=O) groups is 1. The second-order valence-electron chi connectivity index (χ2n) is 8.78. The van der Waals surface area contributed by atoms with Gasteiger partial charge in [-0.05, 0) is 75.9 Å². The van der Waals surface area contributed by atoms with Gasteiger partial charge < -0.3 is 15.5 Å². The second kappa shape index (κ2) is 12.4. The first kappa shape index (κ1) is 28.2. The fourth-order valence-corrected chi connectivity index (χ4v) is 7.03. The molecule has 0 aromatic heterocycles. The maximum absolute atomic E-state index is 13.2. The minimum Gasteiger partial charge on any atom is -0.357 e. The number of halogens is 3. The van der Waals surface area contributed by atoms with E-state index < -0.39 is 16.1 Å². The van der Waals surface area contributed by atoms with E-state index in [0.717, 1.165) is 11.1 Å². The van der Waals surface area contributed by atoms with E-state index in [4.69, 9.17) is 0 Å². The lowest BCUT2D eigenvalue weighted by Crippen LogP contribution is -2.41. The van der Waals surface area contributed by atoms with Gasteiger partial charge in [0.2, 0.25) is 10.0 Å². The van der Waals surface area contributed by atoms with Gasteiger partial charge >= 0.3 is 6.03 Å². The van der Waals surface area contributed by atoms with Crippen molar-refractivity contribution >= 4 is 59.9 Å². The molecule has 1 fully saturated rings. The Balaban J connectivity index is 1.37. The molecule has 0 aliphatic carbocycles. The topological polar surface area (TPSA) is 103 Å². The molecule has 38 heavy (non-hydrogen) atoms. The number of rotatable bonds is 8. The van der Waals surface area contributed by atoms with Crippen LogP contribution in [0.2, 0.25) is 0 Å². The van der Waals surface area contributed by atoms with Crippen molar-refractivity contribution in [2.24, 2.45) is 4.99 Å². The third-order valence-corrected chi connectivity index (χ3v) is 9.03. The van der Waals surface area contributed by atoms with Crippen LogP contribution in [0.1, 0.15) is 6.42 Å². The number of likely N-dealkylation sites (tertiary alicyclic amines) is 1. The molecule has 12 heteroatoms. The number of aliphatic imine (C=N–C) groups is 1. The molecule has 0 unspecified atom stereocenters. The van der Waals surface area contributed by atoms with E-state index in [2.05, 4.69) is 52.2 Å². The molecule has 4 rings (SSSR count). The number of hydrogen-bond acceptors (Lipinski definition) is 4. The molecule has 2 amide bonds. The molecule has 0 bridgehead atoms. The predicted octanol–water partition coefficient (Wildman–Crippen LogP) is 5.22. The predicted molar refractivity (Wildman–Crippen MR) is 154 cm³/mol. The Labute approximate surface area is 238 Å². The summed E-state index contributed by atoms with van der Waals surface area (Å²) in [5, 5.41) is 5.69. The van der Waals surface area contributed by atoms with Crippen molar-refractivity contribution in [3.05, 3.63) is 81.5 Å². The summed E-state index contributed by atoms with van der Waals surface area (Å²) in [5.74, 6) is -0.312. The van der Waals surface area contributed by atoms with Crippen LogP contribution < -0.4 is 15.4 Å². The van der Waals surface area contributed by atoms with E-state index in [1.165, 1.54) is 12.1 Å². The summed E-state index contributed by atoms with van der Waals surface area (Å²) >= 11 is 6.63. The summed E-state index contributed by atoms with van der Waals surface area (Å²) in [7, 11) is -2.14. The highest BCUT2D eigenvalue weighted by Crippen LogP contribution is 2.27. The molecule has 1 aliphatic rings. The third kappa shape index (κ3) is 7.19. The maximum Gasteiger partial charge on any atom is 0.319 e. The molecule has 0 spiro atoms. The van der Waals surface area contributed by atoms with Crippen LogP contribution in [-0.4, -0.2) is 57.9 Å². The van der Waals surface area contributed by atoms with Crippen molar-refractivity contribution < 1.29 is 17.6 Å². The zero-order chi connectivity index (χ0) is 27.3. The highest BCUT2D eigenvalue weighted by Gasteiger charge is 2.34. The Hall–Kier alpha value is -2.80. The van der Waals surface area contributed by atoms with Crippen LogP contribution in [0, 0.1) is 5.82 Å². The van der Waals surface area contributed by atoms with E-state index in [1.807, 2.05) is 23.1 Å². The standard InChI is InChI=1S/C26H26Br2FN5O3S/c1-30-16-34-15-22(33-38(36,37)25-12-19(27)7-10-24(25)28)13-23(34)14-31-26(35)32-21-4-2-3-18(11-21)17-5-8-20(29)9-6-17/h2-12,16,22-23,33H,13-15H2,1H3,(H2,31,32,35)/t22-,23-/m1/s1. The average Bonchev–Trinajstić information content (AvgIpc) is 3.25. The van der Waals surface area contributed by atoms with Crippen molar-refractivity contribution in [1.29, 1.82) is 0 Å². The van der Waals surface area contributed by atoms with E-state index >= 15 is 0 Å². The zero-order valence-electron chi connectivity index (χ0n) is 20.4. The number of nitrogens with zero attached hydrogens (tertiary/aromatic N) is 2. The molecule has 0 saturated carbocycles. The number of hydrogen-bond donors (Lipinski definition) is 3. The molecule has 3 aromatic carbocycles. The van der Waals surface area contributed by atoms with Gasteiger partial charge in [0.25, 0.3) is 0 Å². The zero-order valence-corrected chi connectivity index (χ0v) is 24.4. The molecule has 200 valence electrons. The average molecular weight is 667 g/mol. The molecule has 2 atom stereocenters. The SMILES string of the molecule is CN=CN1C[C@H](NS(=O)(=O)c2cc(Br)ccc2Br)C[C@@H]1CNC(=O)Nc1cccc(-c2ccc(F)cc2)c1. The third-order valence-electron chi connectivity index (χ3n) is 6.02. The van der Waals surface area contributed by atoms with Crippen molar-refractivity contribution in [3.63, 3.8) is 0 Å². The van der Waals surface area contributed by atoms with Gasteiger partial charge in [0.05, 0.1) is 11.2 Å². The van der Waals surface area contributed by atoms with Crippen LogP contribution in [0.15, 0.2) is 85.6 Å². The summed E-state index contributed by atoms with van der Waals surface area (Å²) in [6, 6.07) is 17.4. The van der Waals surface area contributed by atoms with Crippen LogP contribution in [0.3, 0.4) is 0 Å². The van der Waals surface area contributed by atoms with Crippen LogP contribution in [0.4, 0.5) is 14.9 Å². The van der Waals surface area contributed by atoms with Crippen LogP contribution in [-0.2, 0) is 10.0 Å². The van der Waals surface area contributed by atoms with Gasteiger partial charge in [-0.15, -0.1) is 0 Å². The number of carbonyl (C=O) groups excluding carboxylic acids is 1. The normalized spacial score (nSPS) is 17.6. The van der Waals surface area contributed by atoms with Crippen molar-refractivity contribution in [2.45, 2.75) is 23.4 Å². The fourth-order valence-electron chi connectivity index (χ4n) is 4.29. The quantitative estimate of drug-likeness (QED) is 0.227. The maximum atomic E-state index is 13.2. The number of amides is 2. The summed E-state index contributed by atoms with van der Waals surface area (Å²) < 4.78 is 43.2. The molecule has 0 radical (unpaired) electrons. The van der Waals surface area contributed by atoms with Gasteiger partial charge in [-0.25, -0.2) is 22.3 Å². The fraction of sp³-hybridized carbons (Fsp3) is 0.231. The lowest BCUT2D eigenvalue weighted by atomic mass is 10.1. The number of anilines is 1.